The lowest BCUT2D eigenvalue weighted by Crippen LogP contribution is -2.45. The van der Waals surface area contributed by atoms with Crippen molar-refractivity contribution in [2.45, 2.75) is 26.1 Å². The maximum Gasteiger partial charge on any atom is 0.277 e. The summed E-state index contributed by atoms with van der Waals surface area (Å²) in [6.07, 6.45) is 1.63. The van der Waals surface area contributed by atoms with Crippen molar-refractivity contribution in [1.82, 2.24) is 4.90 Å². The van der Waals surface area contributed by atoms with Crippen LogP contribution >= 0.6 is 0 Å². The number of rotatable bonds is 5. The molecular formula is C18H23N3O4. The molecule has 7 nitrogen and oxygen atoms in total. The summed E-state index contributed by atoms with van der Waals surface area (Å²) in [5.74, 6) is -0.826. The SMILES string of the molecule is CC1CN(c2ccc(NC3=CC(=O)N(CCO)C3=O)cc2)CC(C)O1. The minimum absolute atomic E-state index is 0.00564. The lowest BCUT2D eigenvalue weighted by Gasteiger charge is -2.36. The highest BCUT2D eigenvalue weighted by Gasteiger charge is 2.30. The Balaban J connectivity index is 1.66. The number of carbonyl (C=O) groups is 2. The van der Waals surface area contributed by atoms with Crippen molar-refractivity contribution in [3.05, 3.63) is 36.0 Å². The Morgan fingerprint density at radius 3 is 2.40 bits per heavy atom. The van der Waals surface area contributed by atoms with Gasteiger partial charge in [-0.2, -0.15) is 0 Å². The molecule has 0 aliphatic carbocycles. The molecule has 2 aliphatic rings. The molecule has 0 radical (unpaired) electrons. The van der Waals surface area contributed by atoms with E-state index in [9.17, 15) is 9.59 Å². The molecule has 0 saturated carbocycles. The number of imide groups is 1. The number of ether oxygens (including phenoxy) is 1. The molecule has 2 unspecified atom stereocenters. The molecule has 2 atom stereocenters. The Bertz CT molecular complexity index is 676. The van der Waals surface area contributed by atoms with Gasteiger partial charge in [0.1, 0.15) is 5.70 Å². The molecule has 25 heavy (non-hydrogen) atoms. The Morgan fingerprint density at radius 2 is 1.80 bits per heavy atom. The number of β-amino-alcohol motifs (C(OH)–C–C–N with tert-alkyl or cyclic N) is 1. The zero-order valence-corrected chi connectivity index (χ0v) is 14.4. The maximum atomic E-state index is 12.1. The molecule has 0 spiro atoms. The number of nitrogens with one attached hydrogen (secondary N) is 1. The number of hydrogen-bond acceptors (Lipinski definition) is 6. The van der Waals surface area contributed by atoms with E-state index in [1.165, 1.54) is 6.08 Å². The number of anilines is 2. The second-order valence-corrected chi connectivity index (χ2v) is 6.41. The monoisotopic (exact) mass is 345 g/mol. The fourth-order valence-corrected chi connectivity index (χ4v) is 3.21. The molecule has 2 amide bonds. The van der Waals surface area contributed by atoms with E-state index in [0.717, 1.165) is 29.4 Å². The Morgan fingerprint density at radius 1 is 1.16 bits per heavy atom. The lowest BCUT2D eigenvalue weighted by molar-refractivity contribution is -0.137. The van der Waals surface area contributed by atoms with E-state index in [4.69, 9.17) is 9.84 Å². The molecule has 0 aromatic heterocycles. The Hall–Kier alpha value is -2.38. The van der Waals surface area contributed by atoms with E-state index in [0.29, 0.717) is 0 Å². The molecule has 2 N–H and O–H groups in total. The van der Waals surface area contributed by atoms with Crippen molar-refractivity contribution in [3.8, 4) is 0 Å². The van der Waals surface area contributed by atoms with Crippen LogP contribution in [0.4, 0.5) is 11.4 Å². The molecule has 0 bridgehead atoms. The predicted molar refractivity (Wildman–Crippen MR) is 94.2 cm³/mol. The summed E-state index contributed by atoms with van der Waals surface area (Å²) in [5.41, 5.74) is 2.05. The molecule has 2 heterocycles. The average molecular weight is 345 g/mol. The number of aliphatic hydroxyl groups is 1. The number of hydrogen-bond donors (Lipinski definition) is 2. The van der Waals surface area contributed by atoms with Gasteiger partial charge in [-0.05, 0) is 38.1 Å². The number of nitrogens with zero attached hydrogens (tertiary/aromatic N) is 2. The zero-order valence-electron chi connectivity index (χ0n) is 14.4. The van der Waals surface area contributed by atoms with Crippen molar-refractivity contribution in [2.75, 3.05) is 36.5 Å². The molecular weight excluding hydrogens is 322 g/mol. The van der Waals surface area contributed by atoms with Gasteiger partial charge >= 0.3 is 0 Å². The highest BCUT2D eigenvalue weighted by Crippen LogP contribution is 2.24. The van der Waals surface area contributed by atoms with Gasteiger partial charge in [0.25, 0.3) is 11.8 Å². The van der Waals surface area contributed by atoms with Crippen LogP contribution in [0.15, 0.2) is 36.0 Å². The van der Waals surface area contributed by atoms with E-state index in [1.807, 2.05) is 24.3 Å². The maximum absolute atomic E-state index is 12.1. The van der Waals surface area contributed by atoms with E-state index in [-0.39, 0.29) is 31.1 Å². The number of carbonyl (C=O) groups excluding carboxylic acids is 2. The van der Waals surface area contributed by atoms with Crippen LogP contribution in [0.2, 0.25) is 0 Å². The van der Waals surface area contributed by atoms with Crippen molar-refractivity contribution in [3.63, 3.8) is 0 Å². The summed E-state index contributed by atoms with van der Waals surface area (Å²) in [6, 6.07) is 7.74. The van der Waals surface area contributed by atoms with Gasteiger partial charge in [0.05, 0.1) is 25.4 Å². The third-order valence-corrected chi connectivity index (χ3v) is 4.26. The number of morpholine rings is 1. The first-order valence-corrected chi connectivity index (χ1v) is 8.44. The first-order chi connectivity index (χ1) is 12.0. The van der Waals surface area contributed by atoms with Gasteiger partial charge in [-0.25, -0.2) is 0 Å². The van der Waals surface area contributed by atoms with Gasteiger partial charge in [0.2, 0.25) is 0 Å². The van der Waals surface area contributed by atoms with E-state index in [2.05, 4.69) is 24.1 Å². The van der Waals surface area contributed by atoms with Crippen LogP contribution in [0.3, 0.4) is 0 Å². The molecule has 2 aliphatic heterocycles. The zero-order chi connectivity index (χ0) is 18.0. The molecule has 7 heteroatoms. The van der Waals surface area contributed by atoms with Crippen molar-refractivity contribution >= 4 is 23.2 Å². The summed E-state index contributed by atoms with van der Waals surface area (Å²) < 4.78 is 5.75. The Kier molecular flexibility index (Phi) is 5.06. The van der Waals surface area contributed by atoms with Crippen LogP contribution in [-0.4, -0.2) is 60.3 Å². The topological polar surface area (TPSA) is 82.1 Å². The van der Waals surface area contributed by atoms with Gasteiger partial charge in [-0.15, -0.1) is 0 Å². The molecule has 134 valence electrons. The molecule has 1 fully saturated rings. The van der Waals surface area contributed by atoms with Gasteiger partial charge in [-0.1, -0.05) is 0 Å². The fourth-order valence-electron chi connectivity index (χ4n) is 3.21. The highest BCUT2D eigenvalue weighted by atomic mass is 16.5. The standard InChI is InChI=1S/C18H23N3O4/c1-12-10-20(11-13(2)25-12)15-5-3-14(4-6-15)19-16-9-17(23)21(7-8-22)18(16)24/h3-6,9,12-13,19,22H,7-8,10-11H2,1-2H3. The largest absolute Gasteiger partial charge is 0.395 e. The fraction of sp³-hybridized carbons (Fsp3) is 0.444. The summed E-state index contributed by atoms with van der Waals surface area (Å²) in [6.45, 7) is 5.56. The minimum Gasteiger partial charge on any atom is -0.395 e. The number of benzene rings is 1. The third kappa shape index (κ3) is 3.83. The summed E-state index contributed by atoms with van der Waals surface area (Å²) >= 11 is 0. The first-order valence-electron chi connectivity index (χ1n) is 8.44. The summed E-state index contributed by atoms with van der Waals surface area (Å²) in [5, 5.41) is 11.9. The van der Waals surface area contributed by atoms with Crippen LogP contribution < -0.4 is 10.2 Å². The predicted octanol–water partition coefficient (Wildman–Crippen LogP) is 0.957. The van der Waals surface area contributed by atoms with Crippen LogP contribution in [0, 0.1) is 0 Å². The van der Waals surface area contributed by atoms with Gasteiger partial charge in [0.15, 0.2) is 0 Å². The van der Waals surface area contributed by atoms with Crippen LogP contribution in [0.5, 0.6) is 0 Å². The highest BCUT2D eigenvalue weighted by molar-refractivity contribution is 6.17. The number of amides is 2. The van der Waals surface area contributed by atoms with Crippen LogP contribution in [-0.2, 0) is 14.3 Å². The van der Waals surface area contributed by atoms with Crippen LogP contribution in [0.1, 0.15) is 13.8 Å². The minimum atomic E-state index is -0.418. The van der Waals surface area contributed by atoms with E-state index < -0.39 is 11.8 Å². The summed E-state index contributed by atoms with van der Waals surface area (Å²) in [4.78, 5) is 27.2. The molecule has 1 aromatic rings. The Labute approximate surface area is 146 Å². The molecule has 3 rings (SSSR count). The summed E-state index contributed by atoms with van der Waals surface area (Å²) in [7, 11) is 0. The average Bonchev–Trinajstić information content (AvgIpc) is 2.82. The van der Waals surface area contributed by atoms with Crippen LogP contribution in [0.25, 0.3) is 0 Å². The molecule has 1 aromatic carbocycles. The normalized spacial score (nSPS) is 23.9. The van der Waals surface area contributed by atoms with Crippen molar-refractivity contribution in [1.29, 1.82) is 0 Å². The van der Waals surface area contributed by atoms with E-state index >= 15 is 0 Å². The second kappa shape index (κ2) is 7.25. The van der Waals surface area contributed by atoms with Gasteiger partial charge in [0, 0.05) is 30.5 Å². The van der Waals surface area contributed by atoms with Gasteiger partial charge in [-0.3, -0.25) is 14.5 Å². The third-order valence-electron chi connectivity index (χ3n) is 4.26. The molecule has 1 saturated heterocycles. The van der Waals surface area contributed by atoms with Gasteiger partial charge < -0.3 is 20.1 Å². The van der Waals surface area contributed by atoms with Crippen molar-refractivity contribution < 1.29 is 19.4 Å². The second-order valence-electron chi connectivity index (χ2n) is 6.41. The van der Waals surface area contributed by atoms with Crippen molar-refractivity contribution in [2.24, 2.45) is 0 Å². The smallest absolute Gasteiger partial charge is 0.277 e. The van der Waals surface area contributed by atoms with E-state index in [1.54, 1.807) is 0 Å². The first kappa shape index (κ1) is 17.4. The number of aliphatic hydroxyl groups excluding tert-OH is 1. The lowest BCUT2D eigenvalue weighted by atomic mass is 10.2. The quantitative estimate of drug-likeness (QED) is 0.774.